The van der Waals surface area contributed by atoms with Crippen molar-refractivity contribution in [1.82, 2.24) is 5.32 Å². The maximum atomic E-state index is 10.9. The predicted octanol–water partition coefficient (Wildman–Crippen LogP) is 1.74. The van der Waals surface area contributed by atoms with Gasteiger partial charge in [0.1, 0.15) is 0 Å². The lowest BCUT2D eigenvalue weighted by Crippen LogP contribution is -2.17. The Morgan fingerprint density at radius 3 is 2.89 bits per heavy atom. The van der Waals surface area contributed by atoms with Crippen molar-refractivity contribution in [3.05, 3.63) is 38.9 Å². The van der Waals surface area contributed by atoms with Gasteiger partial charge in [-0.1, -0.05) is 17.7 Å². The first kappa shape index (κ1) is 15.8. The van der Waals surface area contributed by atoms with Crippen LogP contribution in [0.1, 0.15) is 12.0 Å². The van der Waals surface area contributed by atoms with Crippen molar-refractivity contribution in [2.75, 3.05) is 26.4 Å². The average molecular weight is 289 g/mol. The number of ether oxygens (including phenoxy) is 1. The fourth-order valence-electron chi connectivity index (χ4n) is 1.57. The summed E-state index contributed by atoms with van der Waals surface area (Å²) >= 11 is 5.96. The van der Waals surface area contributed by atoms with Crippen molar-refractivity contribution < 1.29 is 14.8 Å². The molecule has 7 heteroatoms. The number of nitro groups is 1. The Bertz CT molecular complexity index is 415. The van der Waals surface area contributed by atoms with Gasteiger partial charge < -0.3 is 15.2 Å². The van der Waals surface area contributed by atoms with Crippen LogP contribution >= 0.6 is 11.6 Å². The summed E-state index contributed by atoms with van der Waals surface area (Å²) in [7, 11) is 0. The number of hydrogen-bond acceptors (Lipinski definition) is 5. The second kappa shape index (κ2) is 8.82. The standard InChI is InChI=1S/C12H17ClN2O4/c13-11-3-1-4-12(15(17)18)10(11)9-14-5-2-7-19-8-6-16/h1,3-4,14,16H,2,5-9H2. The Balaban J connectivity index is 2.38. The monoisotopic (exact) mass is 288 g/mol. The summed E-state index contributed by atoms with van der Waals surface area (Å²) in [6, 6.07) is 4.63. The van der Waals surface area contributed by atoms with E-state index < -0.39 is 4.92 Å². The second-order valence-electron chi connectivity index (χ2n) is 3.86. The zero-order valence-corrected chi connectivity index (χ0v) is 11.2. The van der Waals surface area contributed by atoms with Gasteiger partial charge in [-0.25, -0.2) is 0 Å². The Morgan fingerprint density at radius 2 is 2.21 bits per heavy atom. The maximum absolute atomic E-state index is 10.9. The zero-order chi connectivity index (χ0) is 14.1. The lowest BCUT2D eigenvalue weighted by molar-refractivity contribution is -0.385. The molecule has 1 rings (SSSR count). The van der Waals surface area contributed by atoms with E-state index in [1.165, 1.54) is 6.07 Å². The molecule has 6 nitrogen and oxygen atoms in total. The maximum Gasteiger partial charge on any atom is 0.275 e. The summed E-state index contributed by atoms with van der Waals surface area (Å²) in [5.74, 6) is 0. The van der Waals surface area contributed by atoms with E-state index in [9.17, 15) is 10.1 Å². The number of halogens is 1. The number of aliphatic hydroxyl groups excluding tert-OH is 1. The average Bonchev–Trinajstić information content (AvgIpc) is 2.39. The van der Waals surface area contributed by atoms with Gasteiger partial charge in [0.15, 0.2) is 0 Å². The molecule has 1 aromatic carbocycles. The first-order valence-electron chi connectivity index (χ1n) is 5.98. The number of rotatable bonds is 9. The minimum atomic E-state index is -0.437. The SMILES string of the molecule is O=[N+]([O-])c1cccc(Cl)c1CNCCCOCCO. The van der Waals surface area contributed by atoms with Crippen LogP contribution in [0, 0.1) is 10.1 Å². The molecule has 0 atom stereocenters. The second-order valence-corrected chi connectivity index (χ2v) is 4.27. The van der Waals surface area contributed by atoms with Crippen LogP contribution in [0.3, 0.4) is 0 Å². The van der Waals surface area contributed by atoms with E-state index in [0.717, 1.165) is 6.42 Å². The van der Waals surface area contributed by atoms with Gasteiger partial charge in [-0.2, -0.15) is 0 Å². The van der Waals surface area contributed by atoms with Crippen molar-refractivity contribution in [1.29, 1.82) is 0 Å². The van der Waals surface area contributed by atoms with Gasteiger partial charge in [-0.3, -0.25) is 10.1 Å². The van der Waals surface area contributed by atoms with Gasteiger partial charge in [0.25, 0.3) is 5.69 Å². The molecule has 0 radical (unpaired) electrons. The van der Waals surface area contributed by atoms with E-state index >= 15 is 0 Å². The molecule has 0 aliphatic heterocycles. The summed E-state index contributed by atoms with van der Waals surface area (Å²) in [5, 5.41) is 22.8. The molecule has 0 unspecified atom stereocenters. The van der Waals surface area contributed by atoms with E-state index in [1.54, 1.807) is 12.1 Å². The van der Waals surface area contributed by atoms with Crippen LogP contribution in [0.25, 0.3) is 0 Å². The van der Waals surface area contributed by atoms with Gasteiger partial charge in [0.05, 0.1) is 28.7 Å². The van der Waals surface area contributed by atoms with Crippen LogP contribution in [-0.2, 0) is 11.3 Å². The largest absolute Gasteiger partial charge is 0.394 e. The van der Waals surface area contributed by atoms with Gasteiger partial charge in [0, 0.05) is 19.2 Å². The Hall–Kier alpha value is -1.21. The third-order valence-electron chi connectivity index (χ3n) is 2.47. The summed E-state index contributed by atoms with van der Waals surface area (Å²) < 4.78 is 5.10. The molecule has 0 bridgehead atoms. The van der Waals surface area contributed by atoms with E-state index in [-0.39, 0.29) is 12.3 Å². The molecule has 2 N–H and O–H groups in total. The molecule has 0 fully saturated rings. The number of aliphatic hydroxyl groups is 1. The minimum absolute atomic E-state index is 0.0131. The number of nitrogens with zero attached hydrogens (tertiary/aromatic N) is 1. The highest BCUT2D eigenvalue weighted by Crippen LogP contribution is 2.25. The number of nitro benzene ring substituents is 1. The molecule has 0 aromatic heterocycles. The molecule has 0 saturated carbocycles. The minimum Gasteiger partial charge on any atom is -0.394 e. The Kier molecular flexibility index (Phi) is 7.35. The fourth-order valence-corrected chi connectivity index (χ4v) is 1.81. The summed E-state index contributed by atoms with van der Waals surface area (Å²) in [5.41, 5.74) is 0.516. The van der Waals surface area contributed by atoms with E-state index in [2.05, 4.69) is 5.32 Å². The third kappa shape index (κ3) is 5.52. The van der Waals surface area contributed by atoms with Crippen molar-refractivity contribution in [2.24, 2.45) is 0 Å². The summed E-state index contributed by atoms with van der Waals surface area (Å²) in [6.07, 6.45) is 0.762. The van der Waals surface area contributed by atoms with Gasteiger partial charge in [-0.05, 0) is 19.0 Å². The smallest absolute Gasteiger partial charge is 0.275 e. The molecular formula is C12H17ClN2O4. The zero-order valence-electron chi connectivity index (χ0n) is 10.5. The molecule has 0 aliphatic rings. The summed E-state index contributed by atoms with van der Waals surface area (Å²) in [4.78, 5) is 10.4. The van der Waals surface area contributed by atoms with Crippen LogP contribution in [0.15, 0.2) is 18.2 Å². The third-order valence-corrected chi connectivity index (χ3v) is 2.82. The molecule has 19 heavy (non-hydrogen) atoms. The topological polar surface area (TPSA) is 84.6 Å². The first-order chi connectivity index (χ1) is 9.16. The molecule has 0 amide bonds. The van der Waals surface area contributed by atoms with E-state index in [4.69, 9.17) is 21.4 Å². The van der Waals surface area contributed by atoms with Crippen LogP contribution in [0.4, 0.5) is 5.69 Å². The highest BCUT2D eigenvalue weighted by Gasteiger charge is 2.15. The lowest BCUT2D eigenvalue weighted by atomic mass is 10.2. The molecule has 0 aliphatic carbocycles. The van der Waals surface area contributed by atoms with Gasteiger partial charge in [-0.15, -0.1) is 0 Å². The van der Waals surface area contributed by atoms with E-state index in [1.807, 2.05) is 0 Å². The molecule has 106 valence electrons. The normalized spacial score (nSPS) is 10.6. The molecule has 0 heterocycles. The van der Waals surface area contributed by atoms with Crippen LogP contribution in [0.5, 0.6) is 0 Å². The summed E-state index contributed by atoms with van der Waals surface area (Å²) in [6.45, 7) is 1.89. The van der Waals surface area contributed by atoms with Crippen molar-refractivity contribution >= 4 is 17.3 Å². The number of hydrogen-bond donors (Lipinski definition) is 2. The highest BCUT2D eigenvalue weighted by atomic mass is 35.5. The molecule has 0 spiro atoms. The van der Waals surface area contributed by atoms with Crippen LogP contribution in [-0.4, -0.2) is 36.4 Å². The molecular weight excluding hydrogens is 272 g/mol. The Labute approximate surface area is 116 Å². The van der Waals surface area contributed by atoms with E-state index in [0.29, 0.717) is 36.9 Å². The molecule has 0 saturated heterocycles. The lowest BCUT2D eigenvalue weighted by Gasteiger charge is -2.07. The highest BCUT2D eigenvalue weighted by molar-refractivity contribution is 6.31. The molecule has 1 aromatic rings. The fraction of sp³-hybridized carbons (Fsp3) is 0.500. The van der Waals surface area contributed by atoms with Crippen molar-refractivity contribution in [3.8, 4) is 0 Å². The van der Waals surface area contributed by atoms with Crippen LogP contribution in [0.2, 0.25) is 5.02 Å². The number of benzene rings is 1. The quantitative estimate of drug-likeness (QED) is 0.411. The Morgan fingerprint density at radius 1 is 1.42 bits per heavy atom. The van der Waals surface area contributed by atoms with Crippen LogP contribution < -0.4 is 5.32 Å². The number of nitrogens with one attached hydrogen (secondary N) is 1. The van der Waals surface area contributed by atoms with Crippen molar-refractivity contribution in [2.45, 2.75) is 13.0 Å². The van der Waals surface area contributed by atoms with Gasteiger partial charge >= 0.3 is 0 Å². The predicted molar refractivity (Wildman–Crippen MR) is 72.3 cm³/mol. The first-order valence-corrected chi connectivity index (χ1v) is 6.35. The van der Waals surface area contributed by atoms with Crippen molar-refractivity contribution in [3.63, 3.8) is 0 Å². The van der Waals surface area contributed by atoms with Gasteiger partial charge in [0.2, 0.25) is 0 Å².